The minimum Gasteiger partial charge on any atom is -0.306 e. The van der Waals surface area contributed by atoms with Gasteiger partial charge in [0.05, 0.1) is 16.6 Å². The molecular weight excluding hydrogens is 472 g/mol. The molecule has 0 saturated carbocycles. The summed E-state index contributed by atoms with van der Waals surface area (Å²) in [6, 6.07) is 22.9. The van der Waals surface area contributed by atoms with Gasteiger partial charge in [-0.1, -0.05) is 54.1 Å². The van der Waals surface area contributed by atoms with E-state index in [-0.39, 0.29) is 5.56 Å². The number of hydrogen-bond donors (Lipinski definition) is 1. The maximum atomic E-state index is 13.4. The monoisotopic (exact) mass is 486 g/mol. The molecule has 33 heavy (non-hydrogen) atoms. The first-order chi connectivity index (χ1) is 16.1. The second kappa shape index (κ2) is 7.85. The first-order valence-corrected chi connectivity index (χ1v) is 12.3. The minimum absolute atomic E-state index is 0.344. The number of aromatic nitrogens is 2. The summed E-state index contributed by atoms with van der Waals surface area (Å²) in [5.74, 6) is 0. The zero-order valence-corrected chi connectivity index (χ0v) is 19.4. The zero-order chi connectivity index (χ0) is 22.5. The molecular formula is C26H15ClN2O2S2. The summed E-state index contributed by atoms with van der Waals surface area (Å²) in [7, 11) is 0. The van der Waals surface area contributed by atoms with Crippen LogP contribution in [0.2, 0.25) is 4.34 Å². The zero-order valence-electron chi connectivity index (χ0n) is 17.0. The summed E-state index contributed by atoms with van der Waals surface area (Å²) in [5, 5.41) is 6.25. The number of benzene rings is 3. The van der Waals surface area contributed by atoms with Crippen molar-refractivity contribution < 1.29 is 0 Å². The fraction of sp³-hybridized carbons (Fsp3) is 0. The van der Waals surface area contributed by atoms with Crippen LogP contribution in [0.5, 0.6) is 0 Å². The normalized spacial score (nSPS) is 11.4. The number of hydrogen-bond acceptors (Lipinski definition) is 4. The van der Waals surface area contributed by atoms with Gasteiger partial charge in [0.1, 0.15) is 4.34 Å². The van der Waals surface area contributed by atoms with Crippen molar-refractivity contribution in [1.82, 2.24) is 9.55 Å². The van der Waals surface area contributed by atoms with Crippen LogP contribution in [0.3, 0.4) is 0 Å². The van der Waals surface area contributed by atoms with Gasteiger partial charge in [-0.25, -0.2) is 9.36 Å². The van der Waals surface area contributed by atoms with Crippen LogP contribution in [0.25, 0.3) is 48.9 Å². The lowest BCUT2D eigenvalue weighted by atomic mass is 10.0. The molecule has 0 saturated heterocycles. The van der Waals surface area contributed by atoms with Crippen molar-refractivity contribution in [3.05, 3.63) is 109 Å². The number of H-pyrrole nitrogens is 1. The Morgan fingerprint density at radius 3 is 2.42 bits per heavy atom. The van der Waals surface area contributed by atoms with Gasteiger partial charge in [0, 0.05) is 21.4 Å². The third-order valence-corrected chi connectivity index (χ3v) is 7.86. The second-order valence-corrected chi connectivity index (χ2v) is 10.0. The van der Waals surface area contributed by atoms with E-state index in [4.69, 9.17) is 11.6 Å². The molecule has 0 aliphatic carbocycles. The molecule has 0 atom stereocenters. The highest BCUT2D eigenvalue weighted by Crippen LogP contribution is 2.42. The van der Waals surface area contributed by atoms with E-state index < -0.39 is 5.69 Å². The standard InChI is InChI=1S/C26H15ClN2O2S2/c27-24-20(11-13-33-24)23-18(10-12-32-23)16-8-9-19-21(14-16)28-26(31)29(25(19)30)22-7-3-5-15-4-1-2-6-17(15)22/h1-14H,(H,28,31). The number of nitrogens with zero attached hydrogens (tertiary/aromatic N) is 1. The summed E-state index contributed by atoms with van der Waals surface area (Å²) in [6.45, 7) is 0. The molecule has 4 nitrogen and oxygen atoms in total. The topological polar surface area (TPSA) is 54.9 Å². The fourth-order valence-electron chi connectivity index (χ4n) is 4.21. The smallest absolute Gasteiger partial charge is 0.306 e. The van der Waals surface area contributed by atoms with Gasteiger partial charge in [-0.05, 0) is 52.0 Å². The summed E-state index contributed by atoms with van der Waals surface area (Å²) in [6.07, 6.45) is 0. The van der Waals surface area contributed by atoms with Crippen LogP contribution >= 0.6 is 34.3 Å². The van der Waals surface area contributed by atoms with Crippen LogP contribution in [-0.4, -0.2) is 9.55 Å². The maximum Gasteiger partial charge on any atom is 0.333 e. The molecule has 1 N–H and O–H groups in total. The number of aromatic amines is 1. The van der Waals surface area contributed by atoms with Gasteiger partial charge < -0.3 is 4.98 Å². The molecule has 0 amide bonds. The molecule has 3 aromatic carbocycles. The van der Waals surface area contributed by atoms with Gasteiger partial charge in [-0.15, -0.1) is 22.7 Å². The van der Waals surface area contributed by atoms with Crippen LogP contribution in [0.15, 0.2) is 93.1 Å². The lowest BCUT2D eigenvalue weighted by Gasteiger charge is -2.11. The van der Waals surface area contributed by atoms with E-state index in [9.17, 15) is 9.59 Å². The van der Waals surface area contributed by atoms with Crippen molar-refractivity contribution in [2.45, 2.75) is 0 Å². The Hall–Kier alpha value is -3.45. The molecule has 6 aromatic rings. The highest BCUT2D eigenvalue weighted by atomic mass is 35.5. The largest absolute Gasteiger partial charge is 0.333 e. The molecule has 160 valence electrons. The van der Waals surface area contributed by atoms with Gasteiger partial charge in [0.15, 0.2) is 0 Å². The predicted molar refractivity (Wildman–Crippen MR) is 139 cm³/mol. The maximum absolute atomic E-state index is 13.4. The molecule has 0 aliphatic heterocycles. The van der Waals surface area contributed by atoms with Crippen molar-refractivity contribution in [3.63, 3.8) is 0 Å². The Morgan fingerprint density at radius 2 is 1.58 bits per heavy atom. The van der Waals surface area contributed by atoms with Gasteiger partial charge in [0.25, 0.3) is 5.56 Å². The summed E-state index contributed by atoms with van der Waals surface area (Å²) in [5.41, 5.74) is 3.19. The van der Waals surface area contributed by atoms with Crippen LogP contribution in [-0.2, 0) is 0 Å². The van der Waals surface area contributed by atoms with E-state index in [1.807, 2.05) is 71.4 Å². The molecule has 6 rings (SSSR count). The summed E-state index contributed by atoms with van der Waals surface area (Å²) < 4.78 is 1.96. The van der Waals surface area contributed by atoms with Gasteiger partial charge >= 0.3 is 5.69 Å². The van der Waals surface area contributed by atoms with Crippen LogP contribution in [0, 0.1) is 0 Å². The van der Waals surface area contributed by atoms with Gasteiger partial charge in [-0.2, -0.15) is 0 Å². The Labute approximate surface area is 201 Å². The lowest BCUT2D eigenvalue weighted by Crippen LogP contribution is -2.33. The van der Waals surface area contributed by atoms with Crippen LogP contribution in [0.4, 0.5) is 0 Å². The van der Waals surface area contributed by atoms with E-state index >= 15 is 0 Å². The summed E-state index contributed by atoms with van der Waals surface area (Å²) in [4.78, 5) is 30.5. The Morgan fingerprint density at radius 1 is 0.788 bits per heavy atom. The third-order valence-electron chi connectivity index (χ3n) is 5.74. The fourth-order valence-corrected chi connectivity index (χ4v) is 6.21. The highest BCUT2D eigenvalue weighted by Gasteiger charge is 2.16. The Bertz CT molecular complexity index is 1790. The first kappa shape index (κ1) is 20.2. The average molecular weight is 487 g/mol. The predicted octanol–water partition coefficient (Wildman–Crippen LogP) is 6.94. The molecule has 0 bridgehead atoms. The summed E-state index contributed by atoms with van der Waals surface area (Å²) >= 11 is 9.48. The minimum atomic E-state index is -0.465. The van der Waals surface area contributed by atoms with E-state index in [0.29, 0.717) is 16.6 Å². The van der Waals surface area contributed by atoms with Crippen molar-refractivity contribution in [1.29, 1.82) is 0 Å². The SMILES string of the molecule is O=c1[nH]c2cc(-c3ccsc3-c3ccsc3Cl)ccc2c(=O)n1-c1cccc2ccccc12. The van der Waals surface area contributed by atoms with Crippen molar-refractivity contribution >= 4 is 55.9 Å². The molecule has 0 radical (unpaired) electrons. The number of nitrogens with one attached hydrogen (secondary N) is 1. The van der Waals surface area contributed by atoms with Crippen LogP contribution < -0.4 is 11.2 Å². The molecule has 3 heterocycles. The van der Waals surface area contributed by atoms with Crippen molar-refractivity contribution in [2.75, 3.05) is 0 Å². The molecule has 0 fully saturated rings. The molecule has 7 heteroatoms. The number of rotatable bonds is 3. The van der Waals surface area contributed by atoms with Crippen molar-refractivity contribution in [3.8, 4) is 27.3 Å². The lowest BCUT2D eigenvalue weighted by molar-refractivity contribution is 0.908. The number of thiophene rings is 2. The van der Waals surface area contributed by atoms with E-state index in [0.717, 1.165) is 36.7 Å². The Balaban J connectivity index is 1.55. The highest BCUT2D eigenvalue weighted by molar-refractivity contribution is 7.17. The molecule has 3 aromatic heterocycles. The second-order valence-electron chi connectivity index (χ2n) is 7.60. The van der Waals surface area contributed by atoms with E-state index in [1.165, 1.54) is 15.9 Å². The number of fused-ring (bicyclic) bond motifs is 2. The quantitative estimate of drug-likeness (QED) is 0.294. The molecule has 0 spiro atoms. The van der Waals surface area contributed by atoms with E-state index in [2.05, 4.69) is 4.98 Å². The number of halogens is 1. The van der Waals surface area contributed by atoms with E-state index in [1.54, 1.807) is 23.5 Å². The van der Waals surface area contributed by atoms with Crippen LogP contribution in [0.1, 0.15) is 0 Å². The average Bonchev–Trinajstić information content (AvgIpc) is 3.47. The Kier molecular flexibility index (Phi) is 4.80. The molecule has 0 aliphatic rings. The molecule has 0 unspecified atom stereocenters. The van der Waals surface area contributed by atoms with Crippen molar-refractivity contribution in [2.24, 2.45) is 0 Å². The first-order valence-electron chi connectivity index (χ1n) is 10.2. The van der Waals surface area contributed by atoms with Gasteiger partial charge in [-0.3, -0.25) is 4.79 Å². The van der Waals surface area contributed by atoms with Gasteiger partial charge in [0.2, 0.25) is 0 Å². The third kappa shape index (κ3) is 3.26.